The van der Waals surface area contributed by atoms with Crippen molar-refractivity contribution in [2.75, 3.05) is 0 Å². The van der Waals surface area contributed by atoms with E-state index < -0.39 is 4.92 Å². The van der Waals surface area contributed by atoms with Crippen molar-refractivity contribution in [1.82, 2.24) is 5.32 Å². The lowest BCUT2D eigenvalue weighted by Gasteiger charge is -2.17. The van der Waals surface area contributed by atoms with Crippen molar-refractivity contribution in [2.45, 2.75) is 36.0 Å². The molecule has 0 fully saturated rings. The summed E-state index contributed by atoms with van der Waals surface area (Å²) >= 11 is 1.40. The van der Waals surface area contributed by atoms with Gasteiger partial charge in [-0.3, -0.25) is 14.9 Å². The van der Waals surface area contributed by atoms with E-state index in [9.17, 15) is 14.9 Å². The van der Waals surface area contributed by atoms with E-state index in [1.807, 2.05) is 19.1 Å². The molecule has 0 aromatic heterocycles. The fraction of sp³-hybridized carbons (Fsp3) is 0.278. The van der Waals surface area contributed by atoms with Gasteiger partial charge in [0.15, 0.2) is 0 Å². The minimum atomic E-state index is -0.428. The van der Waals surface area contributed by atoms with Crippen molar-refractivity contribution in [2.24, 2.45) is 0 Å². The standard InChI is InChI=1S/C18H18N2O3S/c1-12(24-15-9-7-14(8-10-15)20(22)23)18(21)19-17-11-6-13-4-2-3-5-16(13)17/h2-5,7-10,12,17H,6,11H2,1H3,(H,19,21). The number of non-ortho nitro benzene ring substituents is 1. The molecule has 1 N–H and O–H groups in total. The van der Waals surface area contributed by atoms with Crippen molar-refractivity contribution in [3.8, 4) is 0 Å². The number of nitrogens with zero attached hydrogens (tertiary/aromatic N) is 1. The average molecular weight is 342 g/mol. The van der Waals surface area contributed by atoms with Crippen molar-refractivity contribution >= 4 is 23.4 Å². The minimum absolute atomic E-state index is 0.0138. The molecular weight excluding hydrogens is 324 g/mol. The lowest BCUT2D eigenvalue weighted by atomic mass is 10.1. The van der Waals surface area contributed by atoms with Crippen molar-refractivity contribution in [3.63, 3.8) is 0 Å². The molecule has 0 radical (unpaired) electrons. The first-order valence-electron chi connectivity index (χ1n) is 7.84. The van der Waals surface area contributed by atoms with Gasteiger partial charge in [0.1, 0.15) is 0 Å². The van der Waals surface area contributed by atoms with Gasteiger partial charge in [0, 0.05) is 17.0 Å². The largest absolute Gasteiger partial charge is 0.348 e. The average Bonchev–Trinajstić information content (AvgIpc) is 2.98. The minimum Gasteiger partial charge on any atom is -0.348 e. The normalized spacial score (nSPS) is 17.1. The quantitative estimate of drug-likeness (QED) is 0.508. The van der Waals surface area contributed by atoms with E-state index in [2.05, 4.69) is 17.4 Å². The molecule has 0 heterocycles. The summed E-state index contributed by atoms with van der Waals surface area (Å²) in [5, 5.41) is 13.5. The summed E-state index contributed by atoms with van der Waals surface area (Å²) in [6, 6.07) is 14.6. The zero-order valence-electron chi connectivity index (χ0n) is 13.3. The summed E-state index contributed by atoms with van der Waals surface area (Å²) in [7, 11) is 0. The number of hydrogen-bond acceptors (Lipinski definition) is 4. The number of rotatable bonds is 5. The molecule has 2 unspecified atom stereocenters. The number of nitro benzene ring substituents is 1. The fourth-order valence-corrected chi connectivity index (χ4v) is 3.78. The Bertz CT molecular complexity index is 761. The first-order valence-corrected chi connectivity index (χ1v) is 8.72. The Morgan fingerprint density at radius 2 is 1.96 bits per heavy atom. The molecule has 1 aliphatic carbocycles. The van der Waals surface area contributed by atoms with Crippen LogP contribution in [0.3, 0.4) is 0 Å². The molecule has 0 spiro atoms. The smallest absolute Gasteiger partial charge is 0.269 e. The van der Waals surface area contributed by atoms with Gasteiger partial charge in [-0.25, -0.2) is 0 Å². The number of nitro groups is 1. The fourth-order valence-electron chi connectivity index (χ4n) is 2.90. The van der Waals surface area contributed by atoms with Gasteiger partial charge in [0.05, 0.1) is 16.2 Å². The molecule has 124 valence electrons. The first kappa shape index (κ1) is 16.5. The van der Waals surface area contributed by atoms with Crippen molar-refractivity contribution in [3.05, 3.63) is 69.8 Å². The van der Waals surface area contributed by atoms with Gasteiger partial charge in [0.25, 0.3) is 5.69 Å². The zero-order chi connectivity index (χ0) is 17.1. The van der Waals surface area contributed by atoms with Gasteiger partial charge >= 0.3 is 0 Å². The van der Waals surface area contributed by atoms with Crippen LogP contribution < -0.4 is 5.32 Å². The Labute approximate surface area is 144 Å². The van der Waals surface area contributed by atoms with Crippen LogP contribution in [-0.2, 0) is 11.2 Å². The predicted molar refractivity (Wildman–Crippen MR) is 94.1 cm³/mol. The summed E-state index contributed by atoms with van der Waals surface area (Å²) in [5.41, 5.74) is 2.57. The molecule has 6 heteroatoms. The molecule has 2 atom stereocenters. The topological polar surface area (TPSA) is 72.2 Å². The summed E-state index contributed by atoms with van der Waals surface area (Å²) in [5.74, 6) is -0.0138. The molecule has 2 aromatic carbocycles. The summed E-state index contributed by atoms with van der Waals surface area (Å²) in [6.45, 7) is 1.85. The second-order valence-corrected chi connectivity index (χ2v) is 7.22. The number of carbonyl (C=O) groups is 1. The number of thioether (sulfide) groups is 1. The zero-order valence-corrected chi connectivity index (χ0v) is 14.1. The maximum Gasteiger partial charge on any atom is 0.269 e. The predicted octanol–water partition coefficient (Wildman–Crippen LogP) is 3.88. The highest BCUT2D eigenvalue weighted by Crippen LogP contribution is 2.32. The second-order valence-electron chi connectivity index (χ2n) is 5.81. The van der Waals surface area contributed by atoms with Gasteiger partial charge < -0.3 is 5.32 Å². The Hall–Kier alpha value is -2.34. The van der Waals surface area contributed by atoms with E-state index in [-0.39, 0.29) is 22.9 Å². The van der Waals surface area contributed by atoms with Crippen LogP contribution in [0.4, 0.5) is 5.69 Å². The molecule has 0 bridgehead atoms. The Kier molecular flexibility index (Phi) is 4.85. The van der Waals surface area contributed by atoms with Crippen LogP contribution in [0.2, 0.25) is 0 Å². The van der Waals surface area contributed by atoms with Gasteiger partial charge in [-0.05, 0) is 43.0 Å². The van der Waals surface area contributed by atoms with E-state index in [0.717, 1.165) is 17.7 Å². The summed E-state index contributed by atoms with van der Waals surface area (Å²) in [6.07, 6.45) is 1.92. The number of hydrogen-bond donors (Lipinski definition) is 1. The van der Waals surface area contributed by atoms with Crippen LogP contribution in [-0.4, -0.2) is 16.1 Å². The maximum absolute atomic E-state index is 12.4. The van der Waals surface area contributed by atoms with Crippen LogP contribution >= 0.6 is 11.8 Å². The number of aryl methyl sites for hydroxylation is 1. The van der Waals surface area contributed by atoms with Crippen LogP contribution in [0.25, 0.3) is 0 Å². The highest BCUT2D eigenvalue weighted by molar-refractivity contribution is 8.00. The van der Waals surface area contributed by atoms with Crippen molar-refractivity contribution < 1.29 is 9.72 Å². The number of benzene rings is 2. The molecule has 2 aromatic rings. The Morgan fingerprint density at radius 1 is 1.25 bits per heavy atom. The Morgan fingerprint density at radius 3 is 2.67 bits per heavy atom. The highest BCUT2D eigenvalue weighted by atomic mass is 32.2. The van der Waals surface area contributed by atoms with Crippen LogP contribution in [0.5, 0.6) is 0 Å². The molecule has 0 aliphatic heterocycles. The molecule has 5 nitrogen and oxygen atoms in total. The van der Waals surface area contributed by atoms with Gasteiger partial charge in [-0.2, -0.15) is 0 Å². The molecule has 0 saturated heterocycles. The number of nitrogens with one attached hydrogen (secondary N) is 1. The summed E-state index contributed by atoms with van der Waals surface area (Å²) < 4.78 is 0. The number of carbonyl (C=O) groups excluding carboxylic acids is 1. The van der Waals surface area contributed by atoms with E-state index in [4.69, 9.17) is 0 Å². The maximum atomic E-state index is 12.4. The lowest BCUT2D eigenvalue weighted by molar-refractivity contribution is -0.384. The van der Waals surface area contributed by atoms with Crippen LogP contribution in [0.1, 0.15) is 30.5 Å². The SMILES string of the molecule is CC(Sc1ccc([N+](=O)[O-])cc1)C(=O)NC1CCc2ccccc21. The third-order valence-electron chi connectivity index (χ3n) is 4.18. The third-order valence-corrected chi connectivity index (χ3v) is 5.29. The molecular formula is C18H18N2O3S. The van der Waals surface area contributed by atoms with E-state index in [1.54, 1.807) is 12.1 Å². The lowest BCUT2D eigenvalue weighted by Crippen LogP contribution is -2.33. The molecule has 3 rings (SSSR count). The van der Waals surface area contributed by atoms with Gasteiger partial charge in [-0.1, -0.05) is 24.3 Å². The second kappa shape index (κ2) is 7.05. The van der Waals surface area contributed by atoms with Crippen LogP contribution in [0, 0.1) is 10.1 Å². The monoisotopic (exact) mass is 342 g/mol. The highest BCUT2D eigenvalue weighted by Gasteiger charge is 2.25. The summed E-state index contributed by atoms with van der Waals surface area (Å²) in [4.78, 5) is 23.5. The third kappa shape index (κ3) is 3.59. The van der Waals surface area contributed by atoms with Gasteiger partial charge in [0.2, 0.25) is 5.91 Å². The first-order chi connectivity index (χ1) is 11.5. The van der Waals surface area contributed by atoms with Crippen molar-refractivity contribution in [1.29, 1.82) is 0 Å². The number of amides is 1. The molecule has 24 heavy (non-hydrogen) atoms. The van der Waals surface area contributed by atoms with Crippen LogP contribution in [0.15, 0.2) is 53.4 Å². The van der Waals surface area contributed by atoms with E-state index >= 15 is 0 Å². The number of fused-ring (bicyclic) bond motifs is 1. The van der Waals surface area contributed by atoms with E-state index in [1.165, 1.54) is 35.0 Å². The molecule has 1 aliphatic rings. The molecule has 1 amide bonds. The van der Waals surface area contributed by atoms with Gasteiger partial charge in [-0.15, -0.1) is 11.8 Å². The Balaban J connectivity index is 1.60. The van der Waals surface area contributed by atoms with E-state index in [0.29, 0.717) is 0 Å². The molecule has 0 saturated carbocycles.